The number of benzene rings is 1. The number of phenols is 1. The van der Waals surface area contributed by atoms with E-state index in [2.05, 4.69) is 4.99 Å². The summed E-state index contributed by atoms with van der Waals surface area (Å²) in [5.41, 5.74) is 0.183. The number of aliphatic hydroxyl groups excluding tert-OH is 1. The van der Waals surface area contributed by atoms with Crippen molar-refractivity contribution in [1.82, 2.24) is 0 Å². The largest absolute Gasteiger partial charge is 0.506 e. The molecule has 18 heavy (non-hydrogen) atoms. The van der Waals surface area contributed by atoms with Crippen LogP contribution in [-0.2, 0) is 0 Å². The predicted octanol–water partition coefficient (Wildman–Crippen LogP) is 4.20. The maximum Gasteiger partial charge on any atom is 0.146 e. The summed E-state index contributed by atoms with van der Waals surface area (Å²) in [5, 5.41) is 18.9. The Morgan fingerprint density at radius 3 is 2.17 bits per heavy atom. The fourth-order valence-electron chi connectivity index (χ4n) is 1.22. The van der Waals surface area contributed by atoms with Gasteiger partial charge in [0.25, 0.3) is 0 Å². The minimum Gasteiger partial charge on any atom is -0.506 e. The van der Waals surface area contributed by atoms with Crippen LogP contribution in [0.15, 0.2) is 4.99 Å². The lowest BCUT2D eigenvalue weighted by Crippen LogP contribution is -2.08. The van der Waals surface area contributed by atoms with Gasteiger partial charge in [0, 0.05) is 6.21 Å². The SMILES string of the molecule is CCC(CO)N=Cc1c(O)c(Cl)c(Cl)c(Cl)c1Cl. The van der Waals surface area contributed by atoms with Gasteiger partial charge in [0.05, 0.1) is 33.3 Å². The molecule has 0 aliphatic heterocycles. The summed E-state index contributed by atoms with van der Waals surface area (Å²) in [7, 11) is 0. The molecule has 0 heterocycles. The van der Waals surface area contributed by atoms with Gasteiger partial charge in [0.2, 0.25) is 0 Å². The maximum absolute atomic E-state index is 9.83. The van der Waals surface area contributed by atoms with E-state index >= 15 is 0 Å². The van der Waals surface area contributed by atoms with Crippen LogP contribution in [0.3, 0.4) is 0 Å². The molecule has 0 aliphatic carbocycles. The van der Waals surface area contributed by atoms with Gasteiger partial charge in [-0.1, -0.05) is 53.3 Å². The molecule has 0 aliphatic rings. The zero-order valence-electron chi connectivity index (χ0n) is 9.42. The van der Waals surface area contributed by atoms with Crippen LogP contribution in [0.2, 0.25) is 20.1 Å². The first-order chi connectivity index (χ1) is 8.43. The van der Waals surface area contributed by atoms with Crippen molar-refractivity contribution in [3.05, 3.63) is 25.7 Å². The Kier molecular flexibility index (Phi) is 6.02. The first-order valence-corrected chi connectivity index (χ1v) is 6.64. The first-order valence-electron chi connectivity index (χ1n) is 5.12. The van der Waals surface area contributed by atoms with Crippen LogP contribution in [0.1, 0.15) is 18.9 Å². The second kappa shape index (κ2) is 6.83. The number of aliphatic imine (C=N–C) groups is 1. The topological polar surface area (TPSA) is 52.8 Å². The Bertz CT molecular complexity index is 444. The van der Waals surface area contributed by atoms with Gasteiger partial charge in [-0.15, -0.1) is 0 Å². The van der Waals surface area contributed by atoms with Crippen LogP contribution < -0.4 is 0 Å². The molecule has 0 aromatic heterocycles. The Morgan fingerprint density at radius 1 is 1.11 bits per heavy atom. The molecular weight excluding hydrogens is 320 g/mol. The van der Waals surface area contributed by atoms with Gasteiger partial charge in [-0.3, -0.25) is 4.99 Å². The maximum atomic E-state index is 9.83. The van der Waals surface area contributed by atoms with Crippen molar-refractivity contribution >= 4 is 52.6 Å². The Balaban J connectivity index is 3.25. The van der Waals surface area contributed by atoms with Crippen molar-refractivity contribution in [3.8, 4) is 5.75 Å². The van der Waals surface area contributed by atoms with E-state index in [1.165, 1.54) is 6.21 Å². The molecule has 0 radical (unpaired) electrons. The van der Waals surface area contributed by atoms with Crippen LogP contribution in [0, 0.1) is 0 Å². The average molecular weight is 331 g/mol. The highest BCUT2D eigenvalue weighted by atomic mass is 35.5. The van der Waals surface area contributed by atoms with E-state index in [1.54, 1.807) is 0 Å². The molecule has 0 fully saturated rings. The zero-order valence-corrected chi connectivity index (χ0v) is 12.4. The van der Waals surface area contributed by atoms with Gasteiger partial charge >= 0.3 is 0 Å². The fourth-order valence-corrected chi connectivity index (χ4v) is 2.12. The molecule has 0 spiro atoms. The molecule has 0 amide bonds. The molecule has 7 heteroatoms. The van der Waals surface area contributed by atoms with Crippen LogP contribution >= 0.6 is 46.4 Å². The standard InChI is InChI=1S/C11H11Cl4NO2/c1-2-5(4-17)16-3-6-7(12)8(13)9(14)10(15)11(6)18/h3,5,17-18H,2,4H2,1H3. The zero-order chi connectivity index (χ0) is 13.9. The smallest absolute Gasteiger partial charge is 0.146 e. The molecule has 1 unspecified atom stereocenters. The van der Waals surface area contributed by atoms with E-state index in [0.29, 0.717) is 6.42 Å². The second-order valence-electron chi connectivity index (χ2n) is 3.54. The van der Waals surface area contributed by atoms with Gasteiger partial charge in [-0.2, -0.15) is 0 Å². The lowest BCUT2D eigenvalue weighted by Gasteiger charge is -2.10. The molecule has 3 nitrogen and oxygen atoms in total. The molecule has 1 aromatic carbocycles. The summed E-state index contributed by atoms with van der Waals surface area (Å²) in [6.07, 6.45) is 1.98. The number of rotatable bonds is 4. The van der Waals surface area contributed by atoms with Crippen molar-refractivity contribution in [1.29, 1.82) is 0 Å². The highest BCUT2D eigenvalue weighted by Gasteiger charge is 2.18. The lowest BCUT2D eigenvalue weighted by atomic mass is 10.2. The molecule has 0 bridgehead atoms. The van der Waals surface area contributed by atoms with Gasteiger partial charge in [0.1, 0.15) is 10.8 Å². The summed E-state index contributed by atoms with van der Waals surface area (Å²) in [6, 6.07) is -0.270. The van der Waals surface area contributed by atoms with Gasteiger partial charge in [0.15, 0.2) is 0 Å². The number of phenolic OH excluding ortho intramolecular Hbond substituents is 1. The first kappa shape index (κ1) is 15.9. The fraction of sp³-hybridized carbons (Fsp3) is 0.364. The van der Waals surface area contributed by atoms with E-state index < -0.39 is 0 Å². The molecule has 1 atom stereocenters. The van der Waals surface area contributed by atoms with E-state index in [9.17, 15) is 5.11 Å². The highest BCUT2D eigenvalue weighted by Crippen LogP contribution is 2.44. The summed E-state index contributed by atoms with van der Waals surface area (Å²) < 4.78 is 0. The van der Waals surface area contributed by atoms with E-state index in [1.807, 2.05) is 6.92 Å². The molecule has 0 saturated carbocycles. The molecule has 1 rings (SSSR count). The summed E-state index contributed by atoms with van der Waals surface area (Å²) in [4.78, 5) is 4.08. The molecule has 2 N–H and O–H groups in total. The Hall–Kier alpha value is -0.190. The van der Waals surface area contributed by atoms with Gasteiger partial charge in [-0.25, -0.2) is 0 Å². The van der Waals surface area contributed by atoms with E-state index in [4.69, 9.17) is 51.5 Å². The third-order valence-electron chi connectivity index (χ3n) is 2.37. The lowest BCUT2D eigenvalue weighted by molar-refractivity contribution is 0.264. The molecule has 0 saturated heterocycles. The van der Waals surface area contributed by atoms with Crippen molar-refractivity contribution in [2.45, 2.75) is 19.4 Å². The monoisotopic (exact) mass is 329 g/mol. The number of aromatic hydroxyl groups is 1. The van der Waals surface area contributed by atoms with Crippen molar-refractivity contribution in [3.63, 3.8) is 0 Å². The minimum atomic E-state index is -0.285. The predicted molar refractivity (Wildman–Crippen MR) is 76.9 cm³/mol. The Labute approximate surface area is 125 Å². The Morgan fingerprint density at radius 2 is 1.67 bits per heavy atom. The summed E-state index contributed by atoms with van der Waals surface area (Å²) >= 11 is 23.4. The van der Waals surface area contributed by atoms with Crippen molar-refractivity contribution in [2.24, 2.45) is 4.99 Å². The summed E-state index contributed by atoms with van der Waals surface area (Å²) in [6.45, 7) is 1.78. The molecular formula is C11H11Cl4NO2. The van der Waals surface area contributed by atoms with Crippen LogP contribution in [0.5, 0.6) is 5.75 Å². The number of halogens is 4. The normalized spacial score (nSPS) is 13.2. The third-order valence-corrected chi connectivity index (χ3v) is 4.18. The quantitative estimate of drug-likeness (QED) is 0.494. The minimum absolute atomic E-state index is 0.00724. The molecule has 1 aromatic rings. The number of hydrogen-bond donors (Lipinski definition) is 2. The third kappa shape index (κ3) is 3.22. The second-order valence-corrected chi connectivity index (χ2v) is 5.05. The van der Waals surface area contributed by atoms with E-state index in [-0.39, 0.29) is 44.1 Å². The summed E-state index contributed by atoms with van der Waals surface area (Å²) in [5.74, 6) is -0.285. The highest BCUT2D eigenvalue weighted by molar-refractivity contribution is 6.53. The van der Waals surface area contributed by atoms with Crippen molar-refractivity contribution in [2.75, 3.05) is 6.61 Å². The van der Waals surface area contributed by atoms with Gasteiger partial charge < -0.3 is 10.2 Å². The van der Waals surface area contributed by atoms with Crippen LogP contribution in [0.25, 0.3) is 0 Å². The number of hydrogen-bond acceptors (Lipinski definition) is 3. The average Bonchev–Trinajstić information content (AvgIpc) is 2.38. The van der Waals surface area contributed by atoms with Gasteiger partial charge in [-0.05, 0) is 6.42 Å². The van der Waals surface area contributed by atoms with Crippen LogP contribution in [0.4, 0.5) is 0 Å². The number of aliphatic hydroxyl groups is 1. The van der Waals surface area contributed by atoms with Crippen LogP contribution in [-0.4, -0.2) is 29.1 Å². The van der Waals surface area contributed by atoms with E-state index in [0.717, 1.165) is 0 Å². The molecule has 100 valence electrons. The number of nitrogens with zero attached hydrogens (tertiary/aromatic N) is 1. The van der Waals surface area contributed by atoms with Crippen molar-refractivity contribution < 1.29 is 10.2 Å².